The highest BCUT2D eigenvalue weighted by Gasteiger charge is 2.46. The van der Waals surface area contributed by atoms with Crippen LogP contribution in [0.25, 0.3) is 5.57 Å². The molecule has 4 heteroatoms. The van der Waals surface area contributed by atoms with E-state index in [9.17, 15) is 4.79 Å². The highest BCUT2D eigenvalue weighted by atomic mass is 16.5. The Morgan fingerprint density at radius 3 is 1.55 bits per heavy atom. The van der Waals surface area contributed by atoms with Gasteiger partial charge in [0.15, 0.2) is 0 Å². The molecule has 4 nitrogen and oxygen atoms in total. The summed E-state index contributed by atoms with van der Waals surface area (Å²) >= 11 is 0. The predicted molar refractivity (Wildman–Crippen MR) is 205 cm³/mol. The van der Waals surface area contributed by atoms with Gasteiger partial charge in [0.25, 0.3) is 5.91 Å². The summed E-state index contributed by atoms with van der Waals surface area (Å²) in [5.74, 6) is 1.07. The van der Waals surface area contributed by atoms with Crippen LogP contribution in [0.3, 0.4) is 0 Å². The molecule has 1 spiro atoms. The van der Waals surface area contributed by atoms with Crippen LogP contribution in [0.1, 0.15) is 61.0 Å². The number of carbonyl (C=O) groups is 1. The number of hydrogen-bond donors (Lipinski definition) is 1. The molecule has 1 amide bonds. The number of fused-ring (bicyclic) bond motifs is 3. The summed E-state index contributed by atoms with van der Waals surface area (Å²) < 4.78 is 6.64. The van der Waals surface area contributed by atoms with Crippen LogP contribution >= 0.6 is 0 Å². The van der Waals surface area contributed by atoms with Gasteiger partial charge < -0.3 is 15.0 Å². The van der Waals surface area contributed by atoms with Crippen LogP contribution in [0, 0.1) is 0 Å². The smallest absolute Gasteiger partial charge is 0.253 e. The maximum atomic E-state index is 12.7. The number of amides is 1. The molecule has 252 valence electrons. The van der Waals surface area contributed by atoms with Crippen LogP contribution in [-0.4, -0.2) is 41.6 Å². The van der Waals surface area contributed by atoms with Crippen LogP contribution in [0.5, 0.6) is 5.75 Å². The Morgan fingerprint density at radius 1 is 0.679 bits per heavy atom. The normalized spacial score (nSPS) is 16.8. The lowest BCUT2D eigenvalue weighted by atomic mass is 9.80. The molecule has 0 radical (unpaired) electrons. The minimum Gasteiger partial charge on any atom is -0.482 e. The monoisotopic (exact) mass is 682 g/mol. The molecule has 0 aliphatic carbocycles. The lowest BCUT2D eigenvalue weighted by Crippen LogP contribution is -2.51. The van der Waals surface area contributed by atoms with E-state index in [0.29, 0.717) is 12.1 Å². The first-order valence-electron chi connectivity index (χ1n) is 17.0. The van der Waals surface area contributed by atoms with E-state index in [4.69, 9.17) is 4.74 Å². The van der Waals surface area contributed by atoms with Gasteiger partial charge in [0, 0.05) is 66.3 Å². The van der Waals surface area contributed by atoms with E-state index in [1.807, 2.05) is 30.9 Å². The Bertz CT molecular complexity index is 2490. The second-order valence-corrected chi connectivity index (χ2v) is 11.6. The van der Waals surface area contributed by atoms with Crippen LogP contribution in [0.2, 0.25) is 0 Å². The summed E-state index contributed by atoms with van der Waals surface area (Å²) in [5.41, 5.74) is 55.9. The second-order valence-electron chi connectivity index (χ2n) is 11.6. The van der Waals surface area contributed by atoms with E-state index in [0.717, 1.165) is 48.4 Å². The van der Waals surface area contributed by atoms with Crippen molar-refractivity contribution < 1.29 is 9.53 Å². The maximum Gasteiger partial charge on any atom is 0.253 e. The van der Waals surface area contributed by atoms with Gasteiger partial charge in [-0.25, -0.2) is 0 Å². The second kappa shape index (κ2) is 20.9. The van der Waals surface area contributed by atoms with Gasteiger partial charge in [-0.1, -0.05) is 41.8 Å². The lowest BCUT2D eigenvalue weighted by molar-refractivity contribution is 0.0610. The summed E-state index contributed by atoms with van der Waals surface area (Å²) in [6.45, 7) is 12.1. The summed E-state index contributed by atoms with van der Waals surface area (Å²) in [4.78, 5) is 14.6. The van der Waals surface area contributed by atoms with Crippen LogP contribution < -0.4 is 10.1 Å². The first-order chi connectivity index (χ1) is 26.0. The van der Waals surface area contributed by atoms with E-state index < -0.39 is 0 Å². The average Bonchev–Trinajstić information content (AvgIpc) is 3.54. The Morgan fingerprint density at radius 2 is 1.11 bits per heavy atom. The van der Waals surface area contributed by atoms with Gasteiger partial charge in [-0.15, -0.1) is 0 Å². The van der Waals surface area contributed by atoms with E-state index >= 15 is 0 Å². The van der Waals surface area contributed by atoms with Crippen molar-refractivity contribution in [3.05, 3.63) is 205 Å². The molecule has 3 aliphatic heterocycles. The molecule has 2 unspecified atom stereocenters. The molecular formula is C49H34N2O2. The quantitative estimate of drug-likeness (QED) is 0.328. The van der Waals surface area contributed by atoms with Crippen molar-refractivity contribution in [2.45, 2.75) is 57.2 Å². The van der Waals surface area contributed by atoms with Gasteiger partial charge in [-0.05, 0) is 167 Å². The molecule has 53 heavy (non-hydrogen) atoms. The number of nitrogens with zero attached hydrogens (tertiary/aromatic N) is 1. The molecule has 3 aliphatic rings. The zero-order valence-electron chi connectivity index (χ0n) is 29.8. The molecule has 2 atom stereocenters. The van der Waals surface area contributed by atoms with E-state index in [-0.39, 0.29) is 11.5 Å². The fourth-order valence-electron chi connectivity index (χ4n) is 6.05. The number of para-hydroxylation sites is 1. The Balaban J connectivity index is 0.000000248. The lowest BCUT2D eigenvalue weighted by Gasteiger charge is -2.43. The molecule has 2 aromatic rings. The van der Waals surface area contributed by atoms with Crippen LogP contribution in [-0.2, 0) is 0 Å². The molecule has 2 fully saturated rings. The first kappa shape index (κ1) is 38.3. The number of rotatable bonds is 4. The molecular weight excluding hydrogens is 649 g/mol. The Hall–Kier alpha value is -7.47. The van der Waals surface area contributed by atoms with E-state index in [2.05, 4.69) is 181 Å². The van der Waals surface area contributed by atoms with Gasteiger partial charge in [-0.2, -0.15) is 0 Å². The van der Waals surface area contributed by atoms with Crippen molar-refractivity contribution >= 4 is 11.5 Å². The minimum atomic E-state index is -0.240. The third-order valence-corrected chi connectivity index (χ3v) is 8.21. The SMILES string of the molecule is C=C=C=C=C=C=C=C=C=C=C=C=C=C=C=C=C=C=C=C=C=C=C.CCN(CC)C(=O)c1ccc(C2=CC3(CC4CCC(C3)N4)Oc3ccccc32)cc1. The zero-order chi connectivity index (χ0) is 37.6. The Kier molecular flexibility index (Phi) is 15.1. The number of ether oxygens (including phenoxy) is 1. The zero-order valence-corrected chi connectivity index (χ0v) is 29.8. The summed E-state index contributed by atoms with van der Waals surface area (Å²) in [7, 11) is 0. The van der Waals surface area contributed by atoms with Crippen molar-refractivity contribution in [1.29, 1.82) is 0 Å². The minimum absolute atomic E-state index is 0.0966. The molecule has 2 bridgehead atoms. The maximum absolute atomic E-state index is 12.7. The van der Waals surface area contributed by atoms with Crippen molar-refractivity contribution in [2.24, 2.45) is 0 Å². The van der Waals surface area contributed by atoms with Crippen LogP contribution in [0.4, 0.5) is 0 Å². The van der Waals surface area contributed by atoms with Gasteiger partial charge in [0.2, 0.25) is 0 Å². The number of nitrogens with one attached hydrogen (secondary N) is 1. The fourth-order valence-corrected chi connectivity index (χ4v) is 6.05. The summed E-state index contributed by atoms with van der Waals surface area (Å²) in [6, 6.07) is 17.5. The van der Waals surface area contributed by atoms with Crippen molar-refractivity contribution in [3.8, 4) is 5.75 Å². The largest absolute Gasteiger partial charge is 0.482 e. The first-order valence-corrected chi connectivity index (χ1v) is 17.0. The summed E-state index contributed by atoms with van der Waals surface area (Å²) in [5, 5.41) is 3.73. The van der Waals surface area contributed by atoms with Crippen LogP contribution in [0.15, 0.2) is 188 Å². The fraction of sp³-hybridized carbons (Fsp3) is 0.224. The summed E-state index contributed by atoms with van der Waals surface area (Å²) in [6.07, 6.45) is 6.87. The van der Waals surface area contributed by atoms with Crippen molar-refractivity contribution in [2.75, 3.05) is 13.1 Å². The van der Waals surface area contributed by atoms with E-state index in [1.54, 1.807) is 0 Å². The Labute approximate surface area is 311 Å². The molecule has 5 rings (SSSR count). The number of hydrogen-bond acceptors (Lipinski definition) is 3. The van der Waals surface area contributed by atoms with Gasteiger partial charge in [0.05, 0.1) is 0 Å². The molecule has 0 aromatic heterocycles. The highest BCUT2D eigenvalue weighted by Crippen LogP contribution is 2.46. The van der Waals surface area contributed by atoms with Crippen molar-refractivity contribution in [3.63, 3.8) is 0 Å². The number of benzene rings is 2. The van der Waals surface area contributed by atoms with Gasteiger partial charge >= 0.3 is 0 Å². The third kappa shape index (κ3) is 11.8. The van der Waals surface area contributed by atoms with E-state index in [1.165, 1.54) is 18.4 Å². The topological polar surface area (TPSA) is 41.6 Å². The van der Waals surface area contributed by atoms with Gasteiger partial charge in [-0.3, -0.25) is 4.79 Å². The van der Waals surface area contributed by atoms with Gasteiger partial charge in [0.1, 0.15) is 11.4 Å². The van der Waals surface area contributed by atoms with Crippen molar-refractivity contribution in [1.82, 2.24) is 10.2 Å². The average molecular weight is 683 g/mol. The number of carbonyl (C=O) groups excluding carboxylic acids is 1. The number of piperidine rings is 1. The predicted octanol–water partition coefficient (Wildman–Crippen LogP) is 8.71. The molecule has 0 saturated carbocycles. The molecule has 1 N–H and O–H groups in total. The standard InChI is InChI=1S/C26H30N2O2.C23H4/c1-3-28(4-2)25(29)19-11-9-18(10-12-19)23-17-26(15-20-13-14-21(16-26)27-20)30-24-8-6-5-7-22(23)24;1-3-5-7-9-11-13-15-17-19-21-23-22-20-18-16-14-12-10-8-6-4-2/h5-12,17,20-21,27H,3-4,13-16H2,1-2H3;1-2H2. The highest BCUT2D eigenvalue weighted by molar-refractivity contribution is 5.95. The molecule has 2 aromatic carbocycles. The third-order valence-electron chi connectivity index (χ3n) is 8.21. The molecule has 2 saturated heterocycles. The molecule has 3 heterocycles.